The van der Waals surface area contributed by atoms with Crippen LogP contribution in [0.3, 0.4) is 0 Å². The maximum absolute atomic E-state index is 10.7. The van der Waals surface area contributed by atoms with Crippen molar-refractivity contribution in [1.82, 2.24) is 0 Å². The van der Waals surface area contributed by atoms with Gasteiger partial charge in [0.15, 0.2) is 11.5 Å². The van der Waals surface area contributed by atoms with Crippen LogP contribution in [0.1, 0.15) is 13.8 Å². The number of carbonyl (C=O) groups is 2. The van der Waals surface area contributed by atoms with E-state index in [0.717, 1.165) is 19.9 Å². The first-order chi connectivity index (χ1) is 7.41. The number of rotatable bonds is 2. The molecule has 0 aliphatic carbocycles. The highest BCUT2D eigenvalue weighted by Gasteiger charge is 2.17. The molecule has 0 aliphatic heterocycles. The van der Waals surface area contributed by atoms with E-state index in [4.69, 9.17) is 0 Å². The molecule has 0 saturated carbocycles. The zero-order valence-corrected chi connectivity index (χ0v) is 8.68. The van der Waals surface area contributed by atoms with Gasteiger partial charge >= 0.3 is 11.9 Å². The molecule has 6 nitrogen and oxygen atoms in total. The maximum Gasteiger partial charge on any atom is 0.308 e. The molecule has 1 rings (SSSR count). The number of carbonyl (C=O) groups excluding carboxylic acids is 2. The Bertz CT molecular complexity index is 437. The fraction of sp³-hybridized carbons (Fsp3) is 0.200. The zero-order valence-electron chi connectivity index (χ0n) is 8.68. The van der Waals surface area contributed by atoms with Crippen LogP contribution >= 0.6 is 0 Å². The molecule has 0 unspecified atom stereocenters. The summed E-state index contributed by atoms with van der Waals surface area (Å²) in [6, 6.07) is 2.31. The Morgan fingerprint density at radius 1 is 1.06 bits per heavy atom. The Morgan fingerprint density at radius 2 is 1.62 bits per heavy atom. The van der Waals surface area contributed by atoms with Gasteiger partial charge in [0.2, 0.25) is 11.5 Å². The number of benzene rings is 1. The van der Waals surface area contributed by atoms with Crippen LogP contribution in [0.25, 0.3) is 0 Å². The van der Waals surface area contributed by atoms with E-state index in [1.807, 2.05) is 0 Å². The number of esters is 2. The van der Waals surface area contributed by atoms with E-state index in [0.29, 0.717) is 0 Å². The largest absolute Gasteiger partial charge is 0.504 e. The van der Waals surface area contributed by atoms with Crippen LogP contribution in [-0.2, 0) is 9.59 Å². The second-order valence-electron chi connectivity index (χ2n) is 2.95. The minimum absolute atomic E-state index is 0.193. The van der Waals surface area contributed by atoms with Crippen LogP contribution < -0.4 is 9.47 Å². The van der Waals surface area contributed by atoms with Gasteiger partial charge in [0, 0.05) is 13.8 Å². The van der Waals surface area contributed by atoms with Crippen molar-refractivity contribution < 1.29 is 29.3 Å². The van der Waals surface area contributed by atoms with Gasteiger partial charge in [0.1, 0.15) is 0 Å². The summed E-state index contributed by atoms with van der Waals surface area (Å²) in [6.45, 7) is 2.26. The van der Waals surface area contributed by atoms with Crippen molar-refractivity contribution in [3.05, 3.63) is 12.1 Å². The molecule has 86 valence electrons. The summed E-state index contributed by atoms with van der Waals surface area (Å²) in [4.78, 5) is 21.4. The van der Waals surface area contributed by atoms with Gasteiger partial charge in [-0.25, -0.2) is 0 Å². The zero-order chi connectivity index (χ0) is 12.3. The van der Waals surface area contributed by atoms with Gasteiger partial charge < -0.3 is 19.7 Å². The average Bonchev–Trinajstić information content (AvgIpc) is 2.16. The fourth-order valence-corrected chi connectivity index (χ4v) is 1.02. The van der Waals surface area contributed by atoms with Gasteiger partial charge in [-0.3, -0.25) is 9.59 Å². The van der Waals surface area contributed by atoms with Crippen LogP contribution in [0, 0.1) is 0 Å². The molecule has 16 heavy (non-hydrogen) atoms. The van der Waals surface area contributed by atoms with Crippen LogP contribution in [-0.4, -0.2) is 22.2 Å². The molecular formula is C10H10O6. The monoisotopic (exact) mass is 226 g/mol. The summed E-state index contributed by atoms with van der Waals surface area (Å²) in [7, 11) is 0. The summed E-state index contributed by atoms with van der Waals surface area (Å²) in [5, 5.41) is 18.9. The van der Waals surface area contributed by atoms with Gasteiger partial charge in [0.25, 0.3) is 0 Å². The van der Waals surface area contributed by atoms with Crippen molar-refractivity contribution in [2.45, 2.75) is 13.8 Å². The molecule has 0 radical (unpaired) electrons. The Hall–Kier alpha value is -2.24. The van der Waals surface area contributed by atoms with Crippen LogP contribution in [0.4, 0.5) is 0 Å². The fourth-order valence-electron chi connectivity index (χ4n) is 1.02. The topological polar surface area (TPSA) is 93.1 Å². The molecule has 0 atom stereocenters. The normalized spacial score (nSPS) is 9.62. The first kappa shape index (κ1) is 11.8. The molecular weight excluding hydrogens is 216 g/mol. The third-order valence-electron chi connectivity index (χ3n) is 1.57. The lowest BCUT2D eigenvalue weighted by Crippen LogP contribution is -2.05. The van der Waals surface area contributed by atoms with Crippen molar-refractivity contribution in [2.75, 3.05) is 0 Å². The molecule has 1 aromatic rings. The van der Waals surface area contributed by atoms with E-state index in [1.54, 1.807) is 0 Å². The molecule has 0 aromatic heterocycles. The minimum atomic E-state index is -0.717. The highest BCUT2D eigenvalue weighted by molar-refractivity contribution is 5.75. The molecule has 6 heteroatoms. The summed E-state index contributed by atoms with van der Waals surface area (Å²) in [5.74, 6) is -3.03. The highest BCUT2D eigenvalue weighted by Crippen LogP contribution is 2.42. The SMILES string of the molecule is CC(=O)Oc1ccc(O)c(OC(C)=O)c1O. The van der Waals surface area contributed by atoms with E-state index >= 15 is 0 Å². The molecule has 0 saturated heterocycles. The summed E-state index contributed by atoms with van der Waals surface area (Å²) in [5.41, 5.74) is 0. The lowest BCUT2D eigenvalue weighted by molar-refractivity contribution is -0.132. The number of hydrogen-bond acceptors (Lipinski definition) is 6. The number of phenols is 2. The van der Waals surface area contributed by atoms with Crippen molar-refractivity contribution in [1.29, 1.82) is 0 Å². The van der Waals surface area contributed by atoms with Gasteiger partial charge in [-0.05, 0) is 12.1 Å². The maximum atomic E-state index is 10.7. The lowest BCUT2D eigenvalue weighted by Gasteiger charge is -2.09. The van der Waals surface area contributed by atoms with Crippen LogP contribution in [0.5, 0.6) is 23.0 Å². The first-order valence-corrected chi connectivity index (χ1v) is 4.33. The Morgan fingerprint density at radius 3 is 2.12 bits per heavy atom. The van der Waals surface area contributed by atoms with Crippen LogP contribution in [0.2, 0.25) is 0 Å². The van der Waals surface area contributed by atoms with Gasteiger partial charge in [-0.2, -0.15) is 0 Å². The van der Waals surface area contributed by atoms with Crippen molar-refractivity contribution in [3.8, 4) is 23.0 Å². The average molecular weight is 226 g/mol. The Balaban J connectivity index is 3.15. The molecule has 0 fully saturated rings. The quantitative estimate of drug-likeness (QED) is 0.576. The van der Waals surface area contributed by atoms with Gasteiger partial charge in [0.05, 0.1) is 0 Å². The van der Waals surface area contributed by atoms with Crippen molar-refractivity contribution in [3.63, 3.8) is 0 Å². The van der Waals surface area contributed by atoms with Gasteiger partial charge in [-0.1, -0.05) is 0 Å². The lowest BCUT2D eigenvalue weighted by atomic mass is 10.2. The second kappa shape index (κ2) is 4.52. The molecule has 0 heterocycles. The molecule has 2 N–H and O–H groups in total. The standard InChI is InChI=1S/C10H10O6/c1-5(11)15-8-4-3-7(13)10(9(8)14)16-6(2)12/h3-4,13-14H,1-2H3. The molecule has 1 aromatic carbocycles. The number of hydrogen-bond donors (Lipinski definition) is 2. The number of ether oxygens (including phenoxy) is 2. The second-order valence-corrected chi connectivity index (χ2v) is 2.95. The Labute approximate surface area is 91.0 Å². The minimum Gasteiger partial charge on any atom is -0.504 e. The van der Waals surface area contributed by atoms with Crippen molar-refractivity contribution in [2.24, 2.45) is 0 Å². The van der Waals surface area contributed by atoms with Gasteiger partial charge in [-0.15, -0.1) is 0 Å². The summed E-state index contributed by atoms with van der Waals surface area (Å²) >= 11 is 0. The number of phenolic OH excluding ortho intramolecular Hbond substituents is 2. The third kappa shape index (κ3) is 2.63. The van der Waals surface area contributed by atoms with E-state index in [2.05, 4.69) is 9.47 Å². The predicted octanol–water partition coefficient (Wildman–Crippen LogP) is 0.948. The summed E-state index contributed by atoms with van der Waals surface area (Å²) < 4.78 is 9.20. The molecule has 0 bridgehead atoms. The predicted molar refractivity (Wildman–Crippen MR) is 52.4 cm³/mol. The molecule has 0 spiro atoms. The van der Waals surface area contributed by atoms with Crippen LogP contribution in [0.15, 0.2) is 12.1 Å². The molecule has 0 amide bonds. The van der Waals surface area contributed by atoms with E-state index in [9.17, 15) is 19.8 Å². The first-order valence-electron chi connectivity index (χ1n) is 4.33. The molecule has 0 aliphatic rings. The summed E-state index contributed by atoms with van der Waals surface area (Å²) in [6.07, 6.45) is 0. The van der Waals surface area contributed by atoms with E-state index < -0.39 is 29.2 Å². The van der Waals surface area contributed by atoms with Crippen molar-refractivity contribution >= 4 is 11.9 Å². The number of aromatic hydroxyl groups is 2. The Kier molecular flexibility index (Phi) is 3.34. The van der Waals surface area contributed by atoms with E-state index in [1.165, 1.54) is 6.07 Å². The third-order valence-corrected chi connectivity index (χ3v) is 1.57. The highest BCUT2D eigenvalue weighted by atomic mass is 16.6. The smallest absolute Gasteiger partial charge is 0.308 e. The van der Waals surface area contributed by atoms with E-state index in [-0.39, 0.29) is 5.75 Å².